The first-order valence-corrected chi connectivity index (χ1v) is 7.96. The standard InChI is InChI=1S/C19H17ClFNO2/c1-18(2,3)24-17(23)19(13-8-9-14(20)15(21)10-13)11-12-6-4-5-7-16(12)22-19/h4-11H,1-3H3. The number of halogens is 2. The van der Waals surface area contributed by atoms with E-state index in [-0.39, 0.29) is 5.02 Å². The minimum Gasteiger partial charge on any atom is -0.458 e. The Morgan fingerprint density at radius 2 is 1.92 bits per heavy atom. The summed E-state index contributed by atoms with van der Waals surface area (Å²) in [5, 5.41) is 1.46. The van der Waals surface area contributed by atoms with E-state index in [1.54, 1.807) is 32.9 Å². The molecule has 0 N–H and O–H groups in total. The maximum Gasteiger partial charge on any atom is 0.343 e. The molecule has 0 radical (unpaired) electrons. The van der Waals surface area contributed by atoms with Gasteiger partial charge in [-0.2, -0.15) is 0 Å². The van der Waals surface area contributed by atoms with Crippen molar-refractivity contribution in [3.8, 4) is 0 Å². The molecule has 0 spiro atoms. The van der Waals surface area contributed by atoms with E-state index in [1.807, 2.05) is 24.3 Å². The molecule has 3 rings (SSSR count). The lowest BCUT2D eigenvalue weighted by atomic mass is 9.90. The van der Waals surface area contributed by atoms with Crippen molar-refractivity contribution >= 4 is 23.6 Å². The number of hydrogen-bond acceptors (Lipinski definition) is 3. The zero-order chi connectivity index (χ0) is 17.5. The molecule has 1 unspecified atom stereocenters. The van der Waals surface area contributed by atoms with Gasteiger partial charge in [-0.05, 0) is 55.8 Å². The van der Waals surface area contributed by atoms with Crippen LogP contribution in [0.4, 0.5) is 4.39 Å². The van der Waals surface area contributed by atoms with Crippen LogP contribution in [-0.2, 0) is 15.1 Å². The largest absolute Gasteiger partial charge is 0.458 e. The monoisotopic (exact) mass is 345 g/mol. The van der Waals surface area contributed by atoms with Gasteiger partial charge in [0.05, 0.1) is 10.4 Å². The van der Waals surface area contributed by atoms with E-state index in [0.717, 1.165) is 5.22 Å². The van der Waals surface area contributed by atoms with Crippen molar-refractivity contribution in [1.82, 2.24) is 0 Å². The first-order chi connectivity index (χ1) is 11.2. The van der Waals surface area contributed by atoms with Gasteiger partial charge in [0.2, 0.25) is 5.54 Å². The van der Waals surface area contributed by atoms with Gasteiger partial charge in [-0.15, -0.1) is 0 Å². The van der Waals surface area contributed by atoms with Crippen molar-refractivity contribution in [2.24, 2.45) is 4.99 Å². The molecule has 2 aromatic rings. The van der Waals surface area contributed by atoms with Crippen LogP contribution in [0.5, 0.6) is 0 Å². The molecule has 0 aliphatic carbocycles. The normalized spacial score (nSPS) is 19.2. The topological polar surface area (TPSA) is 38.7 Å². The highest BCUT2D eigenvalue weighted by Crippen LogP contribution is 2.34. The summed E-state index contributed by atoms with van der Waals surface area (Å²) in [6.45, 7) is 5.34. The Kier molecular flexibility index (Phi) is 3.96. The number of para-hydroxylation sites is 1. The molecule has 124 valence electrons. The number of carbonyl (C=O) groups is 1. The summed E-state index contributed by atoms with van der Waals surface area (Å²) in [5.74, 6) is -1.15. The van der Waals surface area contributed by atoms with Gasteiger partial charge in [0.1, 0.15) is 11.4 Å². The van der Waals surface area contributed by atoms with E-state index in [0.29, 0.717) is 10.9 Å². The van der Waals surface area contributed by atoms with Crippen LogP contribution in [0.2, 0.25) is 5.02 Å². The second-order valence-corrected chi connectivity index (χ2v) is 7.12. The average Bonchev–Trinajstić information content (AvgIpc) is 2.89. The van der Waals surface area contributed by atoms with Crippen LogP contribution >= 0.6 is 11.6 Å². The quantitative estimate of drug-likeness (QED) is 0.784. The molecule has 1 aliphatic rings. The van der Waals surface area contributed by atoms with Crippen LogP contribution < -0.4 is 10.6 Å². The van der Waals surface area contributed by atoms with Gasteiger partial charge in [0.25, 0.3) is 0 Å². The molecule has 0 amide bonds. The number of fused-ring (bicyclic) bond motifs is 1. The predicted octanol–water partition coefficient (Wildman–Crippen LogP) is 3.13. The lowest BCUT2D eigenvalue weighted by Crippen LogP contribution is -2.38. The fourth-order valence-corrected chi connectivity index (χ4v) is 2.74. The molecule has 1 atom stereocenters. The van der Waals surface area contributed by atoms with Gasteiger partial charge in [-0.1, -0.05) is 35.9 Å². The van der Waals surface area contributed by atoms with Crippen LogP contribution in [0, 0.1) is 5.82 Å². The molecule has 0 fully saturated rings. The summed E-state index contributed by atoms with van der Waals surface area (Å²) in [6.07, 6.45) is 1.71. The number of benzene rings is 2. The number of nitrogens with zero attached hydrogens (tertiary/aromatic N) is 1. The molecule has 0 saturated carbocycles. The zero-order valence-corrected chi connectivity index (χ0v) is 14.4. The summed E-state index contributed by atoms with van der Waals surface area (Å²) in [7, 11) is 0. The molecule has 0 saturated heterocycles. The van der Waals surface area contributed by atoms with Gasteiger partial charge < -0.3 is 4.74 Å². The lowest BCUT2D eigenvalue weighted by molar-refractivity contribution is -0.159. The highest BCUT2D eigenvalue weighted by Gasteiger charge is 2.43. The first kappa shape index (κ1) is 16.7. The summed E-state index contributed by atoms with van der Waals surface area (Å²) < 4.78 is 19.6. The van der Waals surface area contributed by atoms with Crippen LogP contribution in [0.15, 0.2) is 47.5 Å². The number of rotatable bonds is 2. The van der Waals surface area contributed by atoms with Crippen LogP contribution in [0.1, 0.15) is 26.3 Å². The molecule has 24 heavy (non-hydrogen) atoms. The molecular weight excluding hydrogens is 329 g/mol. The van der Waals surface area contributed by atoms with Crippen molar-refractivity contribution in [3.05, 3.63) is 69.4 Å². The van der Waals surface area contributed by atoms with Crippen molar-refractivity contribution in [1.29, 1.82) is 0 Å². The number of esters is 1. The van der Waals surface area contributed by atoms with Crippen LogP contribution in [0.3, 0.4) is 0 Å². The summed E-state index contributed by atoms with van der Waals surface area (Å²) in [5.41, 5.74) is -1.72. The zero-order valence-electron chi connectivity index (χ0n) is 13.6. The minimum absolute atomic E-state index is 0.00593. The Bertz CT molecular complexity index is 896. The van der Waals surface area contributed by atoms with Crippen LogP contribution in [0.25, 0.3) is 6.08 Å². The molecule has 5 heteroatoms. The number of ether oxygens (including phenoxy) is 1. The second kappa shape index (κ2) is 5.71. The van der Waals surface area contributed by atoms with Gasteiger partial charge in [-0.3, -0.25) is 4.99 Å². The molecule has 0 aromatic heterocycles. The summed E-state index contributed by atoms with van der Waals surface area (Å²) >= 11 is 5.78. The average molecular weight is 346 g/mol. The van der Waals surface area contributed by atoms with Gasteiger partial charge in [-0.25, -0.2) is 9.18 Å². The maximum atomic E-state index is 14.0. The number of hydrogen-bond donors (Lipinski definition) is 0. The third-order valence-electron chi connectivity index (χ3n) is 3.67. The van der Waals surface area contributed by atoms with E-state index in [4.69, 9.17) is 16.3 Å². The van der Waals surface area contributed by atoms with Crippen LogP contribution in [-0.4, -0.2) is 11.6 Å². The SMILES string of the molecule is CC(C)(C)OC(=O)C1(c2ccc(Cl)c(F)c2)C=c2ccccc2=N1. The molecule has 3 nitrogen and oxygen atoms in total. The minimum atomic E-state index is -1.41. The Morgan fingerprint density at radius 1 is 1.21 bits per heavy atom. The summed E-state index contributed by atoms with van der Waals surface area (Å²) in [6, 6.07) is 11.6. The van der Waals surface area contributed by atoms with Gasteiger partial charge in [0.15, 0.2) is 0 Å². The van der Waals surface area contributed by atoms with E-state index in [1.165, 1.54) is 12.1 Å². The smallest absolute Gasteiger partial charge is 0.343 e. The molecule has 1 heterocycles. The molecule has 1 aliphatic heterocycles. The van der Waals surface area contributed by atoms with Gasteiger partial charge >= 0.3 is 5.97 Å². The van der Waals surface area contributed by atoms with Crippen molar-refractivity contribution < 1.29 is 13.9 Å². The van der Waals surface area contributed by atoms with E-state index in [2.05, 4.69) is 4.99 Å². The Hall–Kier alpha value is -2.20. The fraction of sp³-hybridized carbons (Fsp3) is 0.263. The molecular formula is C19H17ClFNO2. The Morgan fingerprint density at radius 3 is 2.54 bits per heavy atom. The second-order valence-electron chi connectivity index (χ2n) is 6.71. The summed E-state index contributed by atoms with van der Waals surface area (Å²) in [4.78, 5) is 17.5. The highest BCUT2D eigenvalue weighted by molar-refractivity contribution is 6.30. The number of carbonyl (C=O) groups excluding carboxylic acids is 1. The third kappa shape index (κ3) is 2.94. The van der Waals surface area contributed by atoms with Crippen molar-refractivity contribution in [3.63, 3.8) is 0 Å². The van der Waals surface area contributed by atoms with E-state index < -0.39 is 22.9 Å². The molecule has 2 aromatic carbocycles. The van der Waals surface area contributed by atoms with E-state index >= 15 is 0 Å². The lowest BCUT2D eigenvalue weighted by Gasteiger charge is -2.28. The Balaban J connectivity index is 2.21. The third-order valence-corrected chi connectivity index (χ3v) is 3.97. The van der Waals surface area contributed by atoms with E-state index in [9.17, 15) is 9.18 Å². The molecule has 0 bridgehead atoms. The van der Waals surface area contributed by atoms with Crippen molar-refractivity contribution in [2.75, 3.05) is 0 Å². The fourth-order valence-electron chi connectivity index (χ4n) is 2.62. The maximum absolute atomic E-state index is 14.0. The Labute approximate surface area is 144 Å². The first-order valence-electron chi connectivity index (χ1n) is 7.58. The van der Waals surface area contributed by atoms with Crippen molar-refractivity contribution in [2.45, 2.75) is 31.9 Å². The predicted molar refractivity (Wildman–Crippen MR) is 90.6 cm³/mol. The highest BCUT2D eigenvalue weighted by atomic mass is 35.5. The van der Waals surface area contributed by atoms with Gasteiger partial charge in [0, 0.05) is 0 Å².